The minimum Gasteiger partial charge on any atom is -0.427 e. The van der Waals surface area contributed by atoms with Crippen molar-refractivity contribution < 1.29 is 13.9 Å². The number of carbonyl (C=O) groups is 1. The average Bonchev–Trinajstić information content (AvgIpc) is 3.26. The third kappa shape index (κ3) is 5.68. The highest BCUT2D eigenvalue weighted by atomic mass is 16.6. The van der Waals surface area contributed by atoms with Crippen LogP contribution in [0.5, 0.6) is 0 Å². The second-order valence-corrected chi connectivity index (χ2v) is 8.97. The van der Waals surface area contributed by atoms with Crippen LogP contribution < -0.4 is 21.5 Å². The molecule has 0 spiro atoms. The molecule has 9 nitrogen and oxygen atoms in total. The number of ether oxygens (including phenoxy) is 1. The van der Waals surface area contributed by atoms with Gasteiger partial charge < -0.3 is 14.1 Å². The molecule has 1 fully saturated rings. The fourth-order valence-corrected chi connectivity index (χ4v) is 4.65. The molecule has 4 aromatic rings. The number of aromatic nitrogens is 1. The summed E-state index contributed by atoms with van der Waals surface area (Å²) >= 11 is 0. The fraction of sp³-hybridized carbons (Fsp3) is 0.286. The number of hydrogen-bond donors (Lipinski definition) is 2. The van der Waals surface area contributed by atoms with Gasteiger partial charge in [-0.25, -0.2) is 19.6 Å². The molecule has 9 heteroatoms. The van der Waals surface area contributed by atoms with E-state index in [4.69, 9.17) is 9.15 Å². The Bertz CT molecular complexity index is 1410. The molecule has 192 valence electrons. The SMILES string of the molecule is CCNNC(=O)OCn1c(=O)oc2c(N3CCN(Cc4cccc(-c5ccccc5)c4)CC3)cccc21. The number of rotatable bonds is 8. The molecule has 1 saturated heterocycles. The summed E-state index contributed by atoms with van der Waals surface area (Å²) in [4.78, 5) is 29.0. The second-order valence-electron chi connectivity index (χ2n) is 8.97. The number of amides is 1. The third-order valence-corrected chi connectivity index (χ3v) is 6.52. The van der Waals surface area contributed by atoms with Crippen LogP contribution in [0.2, 0.25) is 0 Å². The zero-order valence-corrected chi connectivity index (χ0v) is 20.9. The Morgan fingerprint density at radius 2 is 1.70 bits per heavy atom. The third-order valence-electron chi connectivity index (χ3n) is 6.52. The number of piperazine rings is 1. The minimum absolute atomic E-state index is 0.234. The first-order valence-corrected chi connectivity index (χ1v) is 12.5. The van der Waals surface area contributed by atoms with Crippen molar-refractivity contribution in [2.24, 2.45) is 0 Å². The molecule has 1 aromatic heterocycles. The van der Waals surface area contributed by atoms with Gasteiger partial charge in [0.1, 0.15) is 0 Å². The van der Waals surface area contributed by atoms with Crippen molar-refractivity contribution in [3.63, 3.8) is 0 Å². The molecule has 2 N–H and O–H groups in total. The van der Waals surface area contributed by atoms with Crippen LogP contribution >= 0.6 is 0 Å². The van der Waals surface area contributed by atoms with Gasteiger partial charge in [-0.05, 0) is 34.9 Å². The summed E-state index contributed by atoms with van der Waals surface area (Å²) in [5.41, 5.74) is 10.8. The first-order chi connectivity index (χ1) is 18.1. The number of nitrogens with zero attached hydrogens (tertiary/aromatic N) is 3. The molecule has 2 heterocycles. The summed E-state index contributed by atoms with van der Waals surface area (Å²) < 4.78 is 12.1. The Morgan fingerprint density at radius 3 is 2.49 bits per heavy atom. The summed E-state index contributed by atoms with van der Waals surface area (Å²) in [6.45, 7) is 6.47. The van der Waals surface area contributed by atoms with E-state index >= 15 is 0 Å². The molecule has 0 unspecified atom stereocenters. The van der Waals surface area contributed by atoms with Gasteiger partial charge in [0.25, 0.3) is 0 Å². The predicted molar refractivity (Wildman–Crippen MR) is 143 cm³/mol. The van der Waals surface area contributed by atoms with E-state index in [1.807, 2.05) is 25.1 Å². The standard InChI is InChI=1S/C28H31N5O4/c1-2-29-30-27(34)36-20-33-25-13-7-12-24(26(25)37-28(33)35)32-16-14-31(15-17-32)19-21-8-6-11-23(18-21)22-9-4-3-5-10-22/h3-13,18,29H,2,14-17,19-20H2,1H3,(H,30,34). The molecule has 1 aliphatic heterocycles. The van der Waals surface area contributed by atoms with E-state index in [9.17, 15) is 9.59 Å². The number of fused-ring (bicyclic) bond motifs is 1. The van der Waals surface area contributed by atoms with Crippen LogP contribution in [0, 0.1) is 0 Å². The molecule has 0 radical (unpaired) electrons. The van der Waals surface area contributed by atoms with Gasteiger partial charge in [-0.2, -0.15) is 0 Å². The Morgan fingerprint density at radius 1 is 0.946 bits per heavy atom. The normalized spacial score (nSPS) is 14.1. The lowest BCUT2D eigenvalue weighted by atomic mass is 10.0. The number of hydrogen-bond acceptors (Lipinski definition) is 7. The van der Waals surface area contributed by atoms with Gasteiger partial charge in [0.15, 0.2) is 12.3 Å². The topological polar surface area (TPSA) is 92.0 Å². The van der Waals surface area contributed by atoms with Gasteiger partial charge in [-0.3, -0.25) is 10.3 Å². The van der Waals surface area contributed by atoms with E-state index in [2.05, 4.69) is 69.2 Å². The van der Waals surface area contributed by atoms with Crippen molar-refractivity contribution in [1.29, 1.82) is 0 Å². The number of nitrogens with one attached hydrogen (secondary N) is 2. The maximum absolute atomic E-state index is 12.5. The Hall–Kier alpha value is -4.08. The number of anilines is 1. The molecular weight excluding hydrogens is 470 g/mol. The number of para-hydroxylation sites is 1. The zero-order valence-electron chi connectivity index (χ0n) is 20.9. The number of carbonyl (C=O) groups excluding carboxylic acids is 1. The fourth-order valence-electron chi connectivity index (χ4n) is 4.65. The Labute approximate surface area is 215 Å². The quantitative estimate of drug-likeness (QED) is 0.355. The van der Waals surface area contributed by atoms with Crippen LogP contribution in [-0.4, -0.2) is 48.3 Å². The van der Waals surface area contributed by atoms with Crippen LogP contribution in [0.25, 0.3) is 22.2 Å². The van der Waals surface area contributed by atoms with Gasteiger partial charge in [0.2, 0.25) is 0 Å². The average molecular weight is 502 g/mol. The largest absolute Gasteiger partial charge is 0.427 e. The molecule has 1 aliphatic rings. The van der Waals surface area contributed by atoms with Gasteiger partial charge in [-0.1, -0.05) is 61.5 Å². The number of oxazole rings is 1. The monoisotopic (exact) mass is 501 g/mol. The van der Waals surface area contributed by atoms with Crippen molar-refractivity contribution in [3.8, 4) is 11.1 Å². The van der Waals surface area contributed by atoms with Gasteiger partial charge in [-0.15, -0.1) is 0 Å². The van der Waals surface area contributed by atoms with Gasteiger partial charge in [0, 0.05) is 39.3 Å². The highest BCUT2D eigenvalue weighted by Gasteiger charge is 2.22. The van der Waals surface area contributed by atoms with Crippen LogP contribution in [0.3, 0.4) is 0 Å². The molecular formula is C28H31N5O4. The first-order valence-electron chi connectivity index (χ1n) is 12.5. The van der Waals surface area contributed by atoms with Crippen molar-refractivity contribution in [1.82, 2.24) is 20.3 Å². The van der Waals surface area contributed by atoms with Crippen LogP contribution in [0.4, 0.5) is 10.5 Å². The summed E-state index contributed by atoms with van der Waals surface area (Å²) in [6.07, 6.45) is -0.662. The van der Waals surface area contributed by atoms with Crippen molar-refractivity contribution in [2.75, 3.05) is 37.6 Å². The van der Waals surface area contributed by atoms with E-state index in [1.165, 1.54) is 21.3 Å². The lowest BCUT2D eigenvalue weighted by Crippen LogP contribution is -2.46. The maximum Gasteiger partial charge on any atom is 0.423 e. The van der Waals surface area contributed by atoms with E-state index in [0.717, 1.165) is 38.4 Å². The first kappa shape index (κ1) is 24.6. The molecule has 5 rings (SSSR count). The molecule has 0 saturated carbocycles. The zero-order chi connectivity index (χ0) is 25.6. The molecule has 3 aromatic carbocycles. The maximum atomic E-state index is 12.5. The molecule has 1 amide bonds. The Balaban J connectivity index is 1.24. The smallest absolute Gasteiger partial charge is 0.423 e. The summed E-state index contributed by atoms with van der Waals surface area (Å²) in [7, 11) is 0. The predicted octanol–water partition coefficient (Wildman–Crippen LogP) is 3.79. The van der Waals surface area contributed by atoms with Gasteiger partial charge in [0.05, 0.1) is 11.2 Å². The van der Waals surface area contributed by atoms with Crippen LogP contribution in [0.1, 0.15) is 12.5 Å². The molecule has 0 bridgehead atoms. The summed E-state index contributed by atoms with van der Waals surface area (Å²) in [5, 5.41) is 0. The van der Waals surface area contributed by atoms with E-state index in [1.54, 1.807) is 6.07 Å². The molecule has 37 heavy (non-hydrogen) atoms. The summed E-state index contributed by atoms with van der Waals surface area (Å²) in [5.74, 6) is -0.560. The van der Waals surface area contributed by atoms with Crippen molar-refractivity contribution in [3.05, 3.63) is 88.9 Å². The van der Waals surface area contributed by atoms with Crippen LogP contribution in [-0.2, 0) is 18.0 Å². The van der Waals surface area contributed by atoms with Crippen molar-refractivity contribution >= 4 is 22.9 Å². The molecule has 0 atom stereocenters. The summed E-state index contributed by atoms with van der Waals surface area (Å²) in [6, 6.07) is 24.8. The van der Waals surface area contributed by atoms with Crippen LogP contribution in [0.15, 0.2) is 82.0 Å². The van der Waals surface area contributed by atoms with E-state index in [0.29, 0.717) is 17.6 Å². The highest BCUT2D eigenvalue weighted by molar-refractivity contribution is 5.87. The van der Waals surface area contributed by atoms with Crippen molar-refractivity contribution in [2.45, 2.75) is 20.2 Å². The lowest BCUT2D eigenvalue weighted by Gasteiger charge is -2.36. The number of benzene rings is 3. The lowest BCUT2D eigenvalue weighted by molar-refractivity contribution is 0.108. The second kappa shape index (κ2) is 11.3. The minimum atomic E-state index is -0.662. The van der Waals surface area contributed by atoms with E-state index < -0.39 is 11.8 Å². The number of hydrazine groups is 1. The molecule has 0 aliphatic carbocycles. The highest BCUT2D eigenvalue weighted by Crippen LogP contribution is 2.28. The van der Waals surface area contributed by atoms with E-state index in [-0.39, 0.29) is 6.73 Å². The van der Waals surface area contributed by atoms with Gasteiger partial charge >= 0.3 is 11.8 Å². The Kier molecular flexibility index (Phi) is 7.53.